The molecule has 5 heteroatoms. The number of benzene rings is 2. The summed E-state index contributed by atoms with van der Waals surface area (Å²) < 4.78 is 0. The van der Waals surface area contributed by atoms with Crippen molar-refractivity contribution in [3.63, 3.8) is 0 Å². The van der Waals surface area contributed by atoms with Gasteiger partial charge in [0.1, 0.15) is 6.04 Å². The number of anilines is 1. The smallest absolute Gasteiger partial charge is 0.253 e. The Bertz CT molecular complexity index is 823. The number of hydrogen-bond acceptors (Lipinski definition) is 4. The van der Waals surface area contributed by atoms with Crippen LogP contribution in [0, 0.1) is 5.92 Å². The SMILES string of the molecule is O=C1[C@@H]2[C@@H](C(=O)N1c1ccccc1)N1CCCN1[C@H]2c1ccccc1. The molecule has 0 aliphatic carbocycles. The van der Waals surface area contributed by atoms with E-state index in [1.54, 1.807) is 0 Å². The van der Waals surface area contributed by atoms with Crippen LogP contribution in [0.1, 0.15) is 18.0 Å². The van der Waals surface area contributed by atoms with Crippen LogP contribution in [0.4, 0.5) is 5.69 Å². The van der Waals surface area contributed by atoms with Crippen molar-refractivity contribution in [3.05, 3.63) is 66.2 Å². The molecule has 0 bridgehead atoms. The average Bonchev–Trinajstić information content (AvgIpc) is 3.29. The fourth-order valence-corrected chi connectivity index (χ4v) is 4.60. The van der Waals surface area contributed by atoms with Crippen LogP contribution >= 0.6 is 0 Å². The highest BCUT2D eigenvalue weighted by Gasteiger charge is 2.62. The van der Waals surface area contributed by atoms with E-state index in [0.29, 0.717) is 5.69 Å². The monoisotopic (exact) mass is 333 g/mol. The fraction of sp³-hybridized carbons (Fsp3) is 0.300. The van der Waals surface area contributed by atoms with Crippen molar-refractivity contribution in [2.24, 2.45) is 5.92 Å². The Morgan fingerprint density at radius 1 is 0.720 bits per heavy atom. The molecule has 0 spiro atoms. The van der Waals surface area contributed by atoms with E-state index in [1.807, 2.05) is 48.5 Å². The minimum absolute atomic E-state index is 0.0566. The number of amides is 2. The van der Waals surface area contributed by atoms with Crippen LogP contribution in [0.2, 0.25) is 0 Å². The molecule has 0 radical (unpaired) electrons. The van der Waals surface area contributed by atoms with E-state index >= 15 is 0 Å². The van der Waals surface area contributed by atoms with Gasteiger partial charge in [0.05, 0.1) is 17.6 Å². The van der Waals surface area contributed by atoms with Crippen molar-refractivity contribution in [2.75, 3.05) is 18.0 Å². The Kier molecular flexibility index (Phi) is 3.26. The fourth-order valence-electron chi connectivity index (χ4n) is 4.60. The van der Waals surface area contributed by atoms with E-state index in [2.05, 4.69) is 22.2 Å². The first kappa shape index (κ1) is 14.8. The Morgan fingerprint density at radius 2 is 1.32 bits per heavy atom. The summed E-state index contributed by atoms with van der Waals surface area (Å²) >= 11 is 0. The van der Waals surface area contributed by atoms with Gasteiger partial charge in [-0.2, -0.15) is 0 Å². The molecule has 3 heterocycles. The lowest BCUT2D eigenvalue weighted by Gasteiger charge is -2.29. The van der Waals surface area contributed by atoms with Gasteiger partial charge in [-0.3, -0.25) is 9.59 Å². The first-order valence-corrected chi connectivity index (χ1v) is 8.78. The molecule has 2 aromatic carbocycles. The first-order valence-electron chi connectivity index (χ1n) is 8.78. The number of hydrogen-bond donors (Lipinski definition) is 0. The highest BCUT2D eigenvalue weighted by molar-refractivity contribution is 6.24. The number of fused-ring (bicyclic) bond motifs is 3. The normalized spacial score (nSPS) is 29.3. The maximum absolute atomic E-state index is 13.3. The molecule has 2 aromatic rings. The molecule has 3 saturated heterocycles. The van der Waals surface area contributed by atoms with Crippen molar-refractivity contribution in [3.8, 4) is 0 Å². The van der Waals surface area contributed by atoms with E-state index in [0.717, 1.165) is 25.1 Å². The molecule has 126 valence electrons. The van der Waals surface area contributed by atoms with Crippen LogP contribution in [0.5, 0.6) is 0 Å². The second-order valence-electron chi connectivity index (χ2n) is 6.85. The molecule has 3 fully saturated rings. The molecule has 2 amide bonds. The van der Waals surface area contributed by atoms with E-state index in [9.17, 15) is 9.59 Å². The minimum Gasteiger partial charge on any atom is -0.274 e. The second kappa shape index (κ2) is 5.51. The Morgan fingerprint density at radius 3 is 2.00 bits per heavy atom. The van der Waals surface area contributed by atoms with Gasteiger partial charge in [-0.1, -0.05) is 48.5 Å². The third kappa shape index (κ3) is 2.03. The van der Waals surface area contributed by atoms with Crippen LogP contribution in [0.25, 0.3) is 0 Å². The number of imide groups is 1. The van der Waals surface area contributed by atoms with Crippen molar-refractivity contribution in [1.82, 2.24) is 10.0 Å². The molecule has 0 N–H and O–H groups in total. The molecule has 5 nitrogen and oxygen atoms in total. The van der Waals surface area contributed by atoms with Gasteiger partial charge < -0.3 is 0 Å². The van der Waals surface area contributed by atoms with Gasteiger partial charge in [-0.15, -0.1) is 0 Å². The summed E-state index contributed by atoms with van der Waals surface area (Å²) in [6.45, 7) is 1.74. The van der Waals surface area contributed by atoms with Crippen molar-refractivity contribution >= 4 is 17.5 Å². The van der Waals surface area contributed by atoms with Gasteiger partial charge in [-0.25, -0.2) is 14.9 Å². The summed E-state index contributed by atoms with van der Waals surface area (Å²) in [7, 11) is 0. The predicted octanol–water partition coefficient (Wildman–Crippen LogP) is 2.22. The second-order valence-corrected chi connectivity index (χ2v) is 6.85. The standard InChI is InChI=1S/C20H19N3O2/c24-19-16-17(14-8-3-1-4-9-14)21-12-7-13-22(21)18(16)20(25)23(19)15-10-5-2-6-11-15/h1-6,8-11,16-18H,7,12-13H2/t16-,17-,18-/m0/s1. The summed E-state index contributed by atoms with van der Waals surface area (Å²) in [5.74, 6) is -0.508. The number of para-hydroxylation sites is 1. The lowest BCUT2D eigenvalue weighted by molar-refractivity contribution is -0.126. The molecule has 3 atom stereocenters. The summed E-state index contributed by atoms with van der Waals surface area (Å²) in [6, 6.07) is 18.9. The van der Waals surface area contributed by atoms with Crippen molar-refractivity contribution in [1.29, 1.82) is 0 Å². The summed E-state index contributed by atoms with van der Waals surface area (Å²) in [4.78, 5) is 27.8. The zero-order valence-electron chi connectivity index (χ0n) is 13.8. The lowest BCUT2D eigenvalue weighted by Crippen LogP contribution is -2.44. The van der Waals surface area contributed by atoms with Crippen LogP contribution in [-0.2, 0) is 9.59 Å². The van der Waals surface area contributed by atoms with Crippen molar-refractivity contribution < 1.29 is 9.59 Å². The third-order valence-electron chi connectivity index (χ3n) is 5.56. The largest absolute Gasteiger partial charge is 0.274 e. The topological polar surface area (TPSA) is 43.9 Å². The summed E-state index contributed by atoms with van der Waals surface area (Å²) in [6.07, 6.45) is 1.03. The highest BCUT2D eigenvalue weighted by Crippen LogP contribution is 2.48. The summed E-state index contributed by atoms with van der Waals surface area (Å²) in [5, 5.41) is 4.37. The quantitative estimate of drug-likeness (QED) is 0.791. The predicted molar refractivity (Wildman–Crippen MR) is 93.4 cm³/mol. The minimum atomic E-state index is -0.375. The Hall–Kier alpha value is -2.50. The maximum Gasteiger partial charge on any atom is 0.253 e. The van der Waals surface area contributed by atoms with E-state index in [-0.39, 0.29) is 29.8 Å². The molecular formula is C20H19N3O2. The molecule has 0 saturated carbocycles. The molecule has 25 heavy (non-hydrogen) atoms. The first-order chi connectivity index (χ1) is 12.3. The van der Waals surface area contributed by atoms with Crippen molar-refractivity contribution in [2.45, 2.75) is 18.5 Å². The van der Waals surface area contributed by atoms with Crippen LogP contribution in [0.15, 0.2) is 60.7 Å². The van der Waals surface area contributed by atoms with Gasteiger partial charge in [-0.05, 0) is 24.1 Å². The van der Waals surface area contributed by atoms with Crippen LogP contribution in [-0.4, -0.2) is 41.0 Å². The van der Waals surface area contributed by atoms with Crippen LogP contribution < -0.4 is 4.90 Å². The Balaban J connectivity index is 1.60. The Labute approximate surface area is 146 Å². The van der Waals surface area contributed by atoms with Gasteiger partial charge >= 0.3 is 0 Å². The molecule has 3 aliphatic heterocycles. The van der Waals surface area contributed by atoms with E-state index < -0.39 is 0 Å². The molecule has 0 unspecified atom stereocenters. The number of rotatable bonds is 2. The number of carbonyl (C=O) groups is 2. The zero-order valence-corrected chi connectivity index (χ0v) is 13.8. The van der Waals surface area contributed by atoms with Gasteiger partial charge in [0.25, 0.3) is 5.91 Å². The van der Waals surface area contributed by atoms with E-state index in [4.69, 9.17) is 0 Å². The lowest BCUT2D eigenvalue weighted by atomic mass is 9.90. The number of nitrogens with zero attached hydrogens (tertiary/aromatic N) is 3. The summed E-state index contributed by atoms with van der Waals surface area (Å²) in [5.41, 5.74) is 1.78. The third-order valence-corrected chi connectivity index (χ3v) is 5.56. The van der Waals surface area contributed by atoms with E-state index in [1.165, 1.54) is 4.90 Å². The molecule has 5 rings (SSSR count). The average molecular weight is 333 g/mol. The molecular weight excluding hydrogens is 314 g/mol. The molecule has 0 aromatic heterocycles. The molecule has 3 aliphatic rings. The van der Waals surface area contributed by atoms with Gasteiger partial charge in [0, 0.05) is 13.1 Å². The van der Waals surface area contributed by atoms with Gasteiger partial charge in [0.2, 0.25) is 5.91 Å². The van der Waals surface area contributed by atoms with Gasteiger partial charge in [0.15, 0.2) is 0 Å². The highest BCUT2D eigenvalue weighted by atomic mass is 16.2. The number of carbonyl (C=O) groups excluding carboxylic acids is 2. The zero-order chi connectivity index (χ0) is 17.0. The number of hydrazine groups is 1. The van der Waals surface area contributed by atoms with Crippen LogP contribution in [0.3, 0.4) is 0 Å². The maximum atomic E-state index is 13.3.